The molecule has 2 heterocycles. The van der Waals surface area contributed by atoms with Crippen molar-refractivity contribution >= 4 is 5.95 Å². The second kappa shape index (κ2) is 5.80. The fraction of sp³-hybridized carbons (Fsp3) is 0.333. The average molecular weight is 254 g/mol. The number of hydrogen-bond acceptors (Lipinski definition) is 4. The lowest BCUT2D eigenvalue weighted by Crippen LogP contribution is -2.29. The van der Waals surface area contributed by atoms with E-state index < -0.39 is 0 Å². The van der Waals surface area contributed by atoms with Crippen LogP contribution in [0.3, 0.4) is 0 Å². The number of aromatic nitrogens is 2. The first-order chi connectivity index (χ1) is 9.43. The van der Waals surface area contributed by atoms with Crippen molar-refractivity contribution in [1.29, 1.82) is 0 Å². The predicted octanol–water partition coefficient (Wildman–Crippen LogP) is 1.94. The minimum atomic E-state index is 0.836. The summed E-state index contributed by atoms with van der Waals surface area (Å²) in [5.41, 5.74) is 2.23. The van der Waals surface area contributed by atoms with E-state index in [2.05, 4.69) is 32.3 Å². The molecular formula is C15H18N4. The van der Waals surface area contributed by atoms with Crippen LogP contribution in [0.1, 0.15) is 6.42 Å². The Hall–Kier alpha value is -1.94. The van der Waals surface area contributed by atoms with Crippen molar-refractivity contribution in [2.75, 3.05) is 31.1 Å². The summed E-state index contributed by atoms with van der Waals surface area (Å²) in [4.78, 5) is 11.3. The van der Waals surface area contributed by atoms with Crippen LogP contribution in [-0.4, -0.2) is 36.1 Å². The minimum absolute atomic E-state index is 0.836. The van der Waals surface area contributed by atoms with Gasteiger partial charge in [-0.25, -0.2) is 9.97 Å². The molecule has 0 bridgehead atoms. The van der Waals surface area contributed by atoms with E-state index in [9.17, 15) is 0 Å². The number of hydrogen-bond donors (Lipinski definition) is 1. The van der Waals surface area contributed by atoms with Gasteiger partial charge in [-0.2, -0.15) is 0 Å². The van der Waals surface area contributed by atoms with Crippen LogP contribution < -0.4 is 10.2 Å². The molecule has 1 aliphatic heterocycles. The lowest BCUT2D eigenvalue weighted by atomic mass is 10.1. The van der Waals surface area contributed by atoms with Crippen molar-refractivity contribution in [3.63, 3.8) is 0 Å². The molecule has 1 fully saturated rings. The molecule has 2 aromatic rings. The third kappa shape index (κ3) is 2.90. The Labute approximate surface area is 113 Å². The van der Waals surface area contributed by atoms with Crippen molar-refractivity contribution in [2.24, 2.45) is 0 Å². The fourth-order valence-corrected chi connectivity index (χ4v) is 2.31. The average Bonchev–Trinajstić information content (AvgIpc) is 2.77. The lowest BCUT2D eigenvalue weighted by molar-refractivity contribution is 0.724. The van der Waals surface area contributed by atoms with Crippen molar-refractivity contribution in [3.8, 4) is 11.1 Å². The molecule has 19 heavy (non-hydrogen) atoms. The summed E-state index contributed by atoms with van der Waals surface area (Å²) in [5, 5.41) is 3.39. The summed E-state index contributed by atoms with van der Waals surface area (Å²) in [5.74, 6) is 0.836. The van der Waals surface area contributed by atoms with E-state index in [1.165, 1.54) is 0 Å². The zero-order valence-corrected chi connectivity index (χ0v) is 10.9. The third-order valence-electron chi connectivity index (χ3n) is 3.37. The van der Waals surface area contributed by atoms with Gasteiger partial charge in [0.2, 0.25) is 5.95 Å². The Morgan fingerprint density at radius 2 is 1.68 bits per heavy atom. The fourth-order valence-electron chi connectivity index (χ4n) is 2.31. The molecule has 4 heteroatoms. The number of nitrogens with zero attached hydrogens (tertiary/aromatic N) is 3. The monoisotopic (exact) mass is 254 g/mol. The first-order valence-electron chi connectivity index (χ1n) is 6.76. The predicted molar refractivity (Wildman–Crippen MR) is 77.2 cm³/mol. The van der Waals surface area contributed by atoms with Crippen LogP contribution in [0.25, 0.3) is 11.1 Å². The van der Waals surface area contributed by atoms with Crippen LogP contribution in [0.2, 0.25) is 0 Å². The highest BCUT2D eigenvalue weighted by Crippen LogP contribution is 2.18. The quantitative estimate of drug-likeness (QED) is 0.889. The van der Waals surface area contributed by atoms with Gasteiger partial charge in [0.15, 0.2) is 0 Å². The largest absolute Gasteiger partial charge is 0.340 e. The topological polar surface area (TPSA) is 41.1 Å². The Morgan fingerprint density at radius 3 is 2.47 bits per heavy atom. The molecule has 0 unspecified atom stereocenters. The maximum Gasteiger partial charge on any atom is 0.225 e. The zero-order chi connectivity index (χ0) is 12.9. The highest BCUT2D eigenvalue weighted by atomic mass is 15.3. The standard InChI is InChI=1S/C15H18N4/c1-2-5-13(6-3-1)14-11-17-15(18-12-14)19-9-4-7-16-8-10-19/h1-3,5-6,11-12,16H,4,7-10H2. The molecule has 1 aromatic heterocycles. The molecular weight excluding hydrogens is 236 g/mol. The van der Waals surface area contributed by atoms with Gasteiger partial charge in [-0.05, 0) is 18.5 Å². The normalized spacial score (nSPS) is 16.1. The van der Waals surface area contributed by atoms with E-state index >= 15 is 0 Å². The van der Waals surface area contributed by atoms with Crippen LogP contribution in [-0.2, 0) is 0 Å². The Morgan fingerprint density at radius 1 is 0.895 bits per heavy atom. The van der Waals surface area contributed by atoms with Gasteiger partial charge in [0.05, 0.1) is 0 Å². The van der Waals surface area contributed by atoms with E-state index in [-0.39, 0.29) is 0 Å². The van der Waals surface area contributed by atoms with Crippen LogP contribution in [0, 0.1) is 0 Å². The van der Waals surface area contributed by atoms with Crippen molar-refractivity contribution in [3.05, 3.63) is 42.7 Å². The smallest absolute Gasteiger partial charge is 0.225 e. The molecule has 0 amide bonds. The van der Waals surface area contributed by atoms with Gasteiger partial charge in [0, 0.05) is 37.6 Å². The van der Waals surface area contributed by atoms with Crippen molar-refractivity contribution < 1.29 is 0 Å². The molecule has 98 valence electrons. The molecule has 0 aliphatic carbocycles. The molecule has 1 aromatic carbocycles. The van der Waals surface area contributed by atoms with Gasteiger partial charge in [-0.3, -0.25) is 0 Å². The SMILES string of the molecule is c1ccc(-c2cnc(N3CCCNCC3)nc2)cc1. The Kier molecular flexibility index (Phi) is 3.70. The summed E-state index contributed by atoms with van der Waals surface area (Å²) in [6.07, 6.45) is 4.97. The Bertz CT molecular complexity index is 501. The van der Waals surface area contributed by atoms with E-state index in [4.69, 9.17) is 0 Å². The molecule has 0 spiro atoms. The molecule has 0 radical (unpaired) electrons. The van der Waals surface area contributed by atoms with E-state index in [1.807, 2.05) is 30.6 Å². The highest BCUT2D eigenvalue weighted by Gasteiger charge is 2.11. The first-order valence-corrected chi connectivity index (χ1v) is 6.76. The maximum absolute atomic E-state index is 4.51. The van der Waals surface area contributed by atoms with Gasteiger partial charge in [0.25, 0.3) is 0 Å². The number of anilines is 1. The first kappa shape index (κ1) is 12.1. The molecule has 1 N–H and O–H groups in total. The van der Waals surface area contributed by atoms with Gasteiger partial charge in [-0.15, -0.1) is 0 Å². The van der Waals surface area contributed by atoms with Gasteiger partial charge in [-0.1, -0.05) is 30.3 Å². The zero-order valence-electron chi connectivity index (χ0n) is 10.9. The molecule has 4 nitrogen and oxygen atoms in total. The van der Waals surface area contributed by atoms with E-state index in [0.717, 1.165) is 49.7 Å². The molecule has 3 rings (SSSR count). The molecule has 1 aliphatic rings. The number of benzene rings is 1. The van der Waals surface area contributed by atoms with Crippen LogP contribution in [0.15, 0.2) is 42.7 Å². The minimum Gasteiger partial charge on any atom is -0.340 e. The molecule has 1 saturated heterocycles. The molecule has 0 atom stereocenters. The van der Waals surface area contributed by atoms with Gasteiger partial charge < -0.3 is 10.2 Å². The van der Waals surface area contributed by atoms with Gasteiger partial charge >= 0.3 is 0 Å². The van der Waals surface area contributed by atoms with E-state index in [1.54, 1.807) is 0 Å². The second-order valence-electron chi connectivity index (χ2n) is 4.73. The van der Waals surface area contributed by atoms with Crippen molar-refractivity contribution in [1.82, 2.24) is 15.3 Å². The lowest BCUT2D eigenvalue weighted by Gasteiger charge is -2.19. The molecule has 0 saturated carbocycles. The summed E-state index contributed by atoms with van der Waals surface area (Å²) in [7, 11) is 0. The number of nitrogens with one attached hydrogen (secondary N) is 1. The van der Waals surface area contributed by atoms with Crippen molar-refractivity contribution in [2.45, 2.75) is 6.42 Å². The second-order valence-corrected chi connectivity index (χ2v) is 4.73. The maximum atomic E-state index is 4.51. The third-order valence-corrected chi connectivity index (χ3v) is 3.37. The van der Waals surface area contributed by atoms with E-state index in [0.29, 0.717) is 0 Å². The summed E-state index contributed by atoms with van der Waals surface area (Å²) < 4.78 is 0. The summed E-state index contributed by atoms with van der Waals surface area (Å²) >= 11 is 0. The van der Waals surface area contributed by atoms with Crippen LogP contribution >= 0.6 is 0 Å². The Balaban J connectivity index is 1.78. The number of rotatable bonds is 2. The summed E-state index contributed by atoms with van der Waals surface area (Å²) in [6, 6.07) is 10.2. The van der Waals surface area contributed by atoms with Gasteiger partial charge in [0.1, 0.15) is 0 Å². The van der Waals surface area contributed by atoms with Crippen LogP contribution in [0.4, 0.5) is 5.95 Å². The summed E-state index contributed by atoms with van der Waals surface area (Å²) in [6.45, 7) is 4.09. The highest BCUT2D eigenvalue weighted by molar-refractivity contribution is 5.61. The van der Waals surface area contributed by atoms with Crippen LogP contribution in [0.5, 0.6) is 0 Å².